The number of nitrogens with one attached hydrogen (secondary N) is 1. The van der Waals surface area contributed by atoms with Crippen molar-refractivity contribution in [2.45, 2.75) is 32.0 Å². The molecule has 0 aliphatic carbocycles. The summed E-state index contributed by atoms with van der Waals surface area (Å²) in [4.78, 5) is 30.6. The monoisotopic (exact) mass is 379 g/mol. The molecule has 2 atom stereocenters. The van der Waals surface area contributed by atoms with Crippen molar-refractivity contribution in [2.24, 2.45) is 5.92 Å². The minimum Gasteiger partial charge on any atom is -0.446 e. The lowest BCUT2D eigenvalue weighted by Gasteiger charge is -2.40. The topological polar surface area (TPSA) is 93.5 Å². The van der Waals surface area contributed by atoms with Crippen LogP contribution in [0.15, 0.2) is 53.5 Å². The van der Waals surface area contributed by atoms with Gasteiger partial charge in [0.2, 0.25) is 17.5 Å². The Hall–Kier alpha value is -3.19. The maximum absolute atomic E-state index is 13.3. The molecular formula is C21H21N3O4. The smallest absolute Gasteiger partial charge is 0.265 e. The van der Waals surface area contributed by atoms with Crippen molar-refractivity contribution in [2.75, 3.05) is 0 Å². The molecule has 7 heteroatoms. The van der Waals surface area contributed by atoms with Crippen molar-refractivity contribution in [1.29, 1.82) is 0 Å². The number of carbonyl (C=O) groups is 1. The molecule has 1 amide bonds. The Morgan fingerprint density at radius 2 is 2.00 bits per heavy atom. The Morgan fingerprint density at radius 3 is 2.71 bits per heavy atom. The van der Waals surface area contributed by atoms with E-state index in [0.717, 1.165) is 5.56 Å². The van der Waals surface area contributed by atoms with Crippen LogP contribution in [0.3, 0.4) is 0 Å². The van der Waals surface area contributed by atoms with E-state index in [9.17, 15) is 14.7 Å². The quantitative estimate of drug-likeness (QED) is 0.849. The van der Waals surface area contributed by atoms with Crippen LogP contribution in [0.2, 0.25) is 0 Å². The molecule has 2 aromatic rings. The Kier molecular flexibility index (Phi) is 4.39. The highest BCUT2D eigenvalue weighted by molar-refractivity contribution is 5.82. The summed E-state index contributed by atoms with van der Waals surface area (Å²) in [6, 6.07) is 8.46. The minimum absolute atomic E-state index is 0.0707. The predicted octanol–water partition coefficient (Wildman–Crippen LogP) is 1.88. The molecule has 0 bridgehead atoms. The maximum Gasteiger partial charge on any atom is 0.265 e. The molecule has 3 heterocycles. The molecule has 7 nitrogen and oxygen atoms in total. The lowest BCUT2D eigenvalue weighted by atomic mass is 9.93. The van der Waals surface area contributed by atoms with E-state index < -0.39 is 23.2 Å². The van der Waals surface area contributed by atoms with E-state index in [2.05, 4.69) is 10.3 Å². The lowest BCUT2D eigenvalue weighted by molar-refractivity contribution is -0.140. The second kappa shape index (κ2) is 6.76. The van der Waals surface area contributed by atoms with Crippen LogP contribution in [-0.2, 0) is 16.9 Å². The van der Waals surface area contributed by atoms with Gasteiger partial charge in [0.15, 0.2) is 5.82 Å². The number of allylic oxidation sites excluding steroid dienone is 2. The third-order valence-electron chi connectivity index (χ3n) is 4.93. The number of ether oxygens (including phenoxy) is 1. The number of carbonyl (C=O) groups excluding carboxylic acids is 1. The molecule has 0 radical (unpaired) electrons. The van der Waals surface area contributed by atoms with Crippen LogP contribution < -0.4 is 15.6 Å². The highest BCUT2D eigenvalue weighted by Gasteiger charge is 2.46. The van der Waals surface area contributed by atoms with Gasteiger partial charge in [-0.2, -0.15) is 4.98 Å². The first kappa shape index (κ1) is 18.2. The van der Waals surface area contributed by atoms with Gasteiger partial charge in [-0.25, -0.2) is 0 Å². The average molecular weight is 379 g/mol. The van der Waals surface area contributed by atoms with Crippen LogP contribution in [0.5, 0.6) is 5.88 Å². The number of fused-ring (bicyclic) bond motifs is 2. The van der Waals surface area contributed by atoms with Crippen LogP contribution in [-0.4, -0.2) is 20.6 Å². The number of hydrogen-bond acceptors (Lipinski definition) is 5. The van der Waals surface area contributed by atoms with Gasteiger partial charge in [-0.15, -0.1) is 0 Å². The van der Waals surface area contributed by atoms with E-state index >= 15 is 0 Å². The zero-order chi connectivity index (χ0) is 19.9. The van der Waals surface area contributed by atoms with E-state index in [1.165, 1.54) is 10.8 Å². The number of aliphatic hydroxyl groups is 1. The van der Waals surface area contributed by atoms with Crippen molar-refractivity contribution in [1.82, 2.24) is 14.9 Å². The molecule has 2 N–H and O–H groups in total. The number of nitrogens with zero attached hydrogens (tertiary/aromatic N) is 2. The molecule has 0 saturated carbocycles. The van der Waals surface area contributed by atoms with Gasteiger partial charge in [-0.05, 0) is 23.6 Å². The number of benzene rings is 1. The highest BCUT2D eigenvalue weighted by atomic mass is 16.5. The van der Waals surface area contributed by atoms with Crippen LogP contribution in [0.4, 0.5) is 0 Å². The number of hydrogen-bond donors (Lipinski definition) is 2. The van der Waals surface area contributed by atoms with Crippen LogP contribution in [0.1, 0.15) is 36.8 Å². The fourth-order valence-electron chi connectivity index (χ4n) is 3.68. The first-order chi connectivity index (χ1) is 13.4. The summed E-state index contributed by atoms with van der Waals surface area (Å²) in [5.41, 5.74) is -1.21. The molecular weight excluding hydrogens is 358 g/mol. The van der Waals surface area contributed by atoms with Gasteiger partial charge in [0.1, 0.15) is 11.6 Å². The first-order valence-electron chi connectivity index (χ1n) is 9.16. The molecule has 0 unspecified atom stereocenters. The highest BCUT2D eigenvalue weighted by Crippen LogP contribution is 2.33. The van der Waals surface area contributed by atoms with Gasteiger partial charge >= 0.3 is 0 Å². The largest absolute Gasteiger partial charge is 0.446 e. The molecule has 2 aliphatic rings. The summed E-state index contributed by atoms with van der Waals surface area (Å²) in [5, 5.41) is 14.1. The molecule has 2 aliphatic heterocycles. The molecule has 0 fully saturated rings. The first-order valence-corrected chi connectivity index (χ1v) is 9.16. The molecule has 1 aromatic heterocycles. The SMILES string of the molecule is CC(C)[C@H]1C(=O)N[C@](O)(Cc2ccccc2)c2nc3c(c(=O)n21)C=CC=CO3. The Morgan fingerprint density at radius 1 is 1.25 bits per heavy atom. The van der Waals surface area contributed by atoms with Gasteiger partial charge in [0, 0.05) is 6.42 Å². The van der Waals surface area contributed by atoms with Crippen molar-refractivity contribution in [3.8, 4) is 5.88 Å². The number of rotatable bonds is 3. The van der Waals surface area contributed by atoms with Crippen LogP contribution >= 0.6 is 0 Å². The number of amides is 1. The van der Waals surface area contributed by atoms with Crippen molar-refractivity contribution in [3.63, 3.8) is 0 Å². The molecule has 1 aromatic carbocycles. The standard InChI is InChI=1S/C21H21N3O4/c1-13(2)16-17(25)23-21(27,12-14-8-4-3-5-9-14)20-22-18-15(19(26)24(16)20)10-6-7-11-28-18/h3-11,13,16,27H,12H2,1-2H3,(H,23,25)/t16-,21-/m0/s1. The Bertz CT molecular complexity index is 1040. The van der Waals surface area contributed by atoms with Crippen molar-refractivity contribution in [3.05, 3.63) is 76.1 Å². The summed E-state index contributed by atoms with van der Waals surface area (Å²) in [7, 11) is 0. The van der Waals surface area contributed by atoms with Crippen molar-refractivity contribution < 1.29 is 14.6 Å². The lowest BCUT2D eigenvalue weighted by Crippen LogP contribution is -2.60. The molecule has 0 saturated heterocycles. The fourth-order valence-corrected chi connectivity index (χ4v) is 3.68. The van der Waals surface area contributed by atoms with Gasteiger partial charge in [0.25, 0.3) is 5.56 Å². The summed E-state index contributed by atoms with van der Waals surface area (Å²) in [6.45, 7) is 3.70. The summed E-state index contributed by atoms with van der Waals surface area (Å²) < 4.78 is 6.78. The Labute approximate surface area is 162 Å². The van der Waals surface area contributed by atoms with E-state index in [-0.39, 0.29) is 29.6 Å². The molecule has 4 rings (SSSR count). The van der Waals surface area contributed by atoms with Gasteiger partial charge < -0.3 is 15.2 Å². The third-order valence-corrected chi connectivity index (χ3v) is 4.93. The molecule has 28 heavy (non-hydrogen) atoms. The summed E-state index contributed by atoms with van der Waals surface area (Å²) in [6.07, 6.45) is 6.40. The average Bonchev–Trinajstić information content (AvgIpc) is 2.89. The van der Waals surface area contributed by atoms with E-state index in [0.29, 0.717) is 0 Å². The second-order valence-corrected chi connectivity index (χ2v) is 7.34. The van der Waals surface area contributed by atoms with Crippen LogP contribution in [0.25, 0.3) is 6.08 Å². The zero-order valence-electron chi connectivity index (χ0n) is 15.6. The van der Waals surface area contributed by atoms with Gasteiger partial charge in [0.05, 0.1) is 6.26 Å². The van der Waals surface area contributed by atoms with E-state index in [1.807, 2.05) is 44.2 Å². The minimum atomic E-state index is -1.83. The van der Waals surface area contributed by atoms with E-state index in [1.54, 1.807) is 18.2 Å². The fraction of sp³-hybridized carbons (Fsp3) is 0.286. The van der Waals surface area contributed by atoms with Gasteiger partial charge in [-0.1, -0.05) is 50.3 Å². The molecule has 144 valence electrons. The summed E-state index contributed by atoms with van der Waals surface area (Å²) in [5.74, 6) is -0.415. The normalized spacial score (nSPS) is 22.9. The molecule has 0 spiro atoms. The number of aromatic nitrogens is 2. The predicted molar refractivity (Wildman–Crippen MR) is 103 cm³/mol. The van der Waals surface area contributed by atoms with E-state index in [4.69, 9.17) is 4.74 Å². The van der Waals surface area contributed by atoms with Crippen LogP contribution in [0, 0.1) is 5.92 Å². The van der Waals surface area contributed by atoms with Gasteiger partial charge in [-0.3, -0.25) is 14.2 Å². The third kappa shape index (κ3) is 2.93. The maximum atomic E-state index is 13.3. The second-order valence-electron chi connectivity index (χ2n) is 7.34. The summed E-state index contributed by atoms with van der Waals surface area (Å²) >= 11 is 0. The van der Waals surface area contributed by atoms with Crippen molar-refractivity contribution >= 4 is 12.0 Å². The zero-order valence-corrected chi connectivity index (χ0v) is 15.6. The Balaban J connectivity index is 1.95.